The normalized spacial score (nSPS) is 16.0. The van der Waals surface area contributed by atoms with Crippen molar-refractivity contribution >= 4 is 17.5 Å². The predicted octanol–water partition coefficient (Wildman–Crippen LogP) is 6.06. The molecular formula is C25H25ClFN3O2. The molecule has 2 saturated carbocycles. The van der Waals surface area contributed by atoms with E-state index < -0.39 is 0 Å². The van der Waals surface area contributed by atoms with Gasteiger partial charge in [0.15, 0.2) is 0 Å². The van der Waals surface area contributed by atoms with Crippen LogP contribution in [0, 0.1) is 18.7 Å². The van der Waals surface area contributed by atoms with E-state index in [1.54, 1.807) is 28.9 Å². The van der Waals surface area contributed by atoms with Gasteiger partial charge in [0.25, 0.3) is 0 Å². The van der Waals surface area contributed by atoms with Crippen LogP contribution >= 0.6 is 11.6 Å². The summed E-state index contributed by atoms with van der Waals surface area (Å²) in [5.41, 5.74) is 2.39. The molecule has 0 aliphatic heterocycles. The molecule has 0 atom stereocenters. The van der Waals surface area contributed by atoms with Gasteiger partial charge >= 0.3 is 0 Å². The van der Waals surface area contributed by atoms with Crippen LogP contribution in [0.2, 0.25) is 5.02 Å². The van der Waals surface area contributed by atoms with Crippen LogP contribution in [-0.4, -0.2) is 26.6 Å². The van der Waals surface area contributed by atoms with E-state index in [2.05, 4.69) is 0 Å². The van der Waals surface area contributed by atoms with Crippen molar-refractivity contribution in [2.24, 2.45) is 5.92 Å². The second-order valence-electron chi connectivity index (χ2n) is 8.64. The maximum absolute atomic E-state index is 13.8. The maximum atomic E-state index is 13.8. The van der Waals surface area contributed by atoms with Crippen molar-refractivity contribution in [1.82, 2.24) is 14.7 Å². The molecule has 32 heavy (non-hydrogen) atoms. The fourth-order valence-corrected chi connectivity index (χ4v) is 4.18. The minimum absolute atomic E-state index is 0.134. The molecule has 2 aliphatic rings. The number of carbonyl (C=O) groups excluding carboxylic acids is 1. The van der Waals surface area contributed by atoms with E-state index >= 15 is 0 Å². The summed E-state index contributed by atoms with van der Waals surface area (Å²) >= 11 is 6.07. The van der Waals surface area contributed by atoms with Gasteiger partial charge in [-0.3, -0.25) is 4.79 Å². The number of carbonyl (C=O) groups is 1. The number of aromatic nitrogens is 2. The van der Waals surface area contributed by atoms with Crippen molar-refractivity contribution < 1.29 is 13.9 Å². The molecule has 0 unspecified atom stereocenters. The summed E-state index contributed by atoms with van der Waals surface area (Å²) in [6, 6.07) is 13.6. The highest BCUT2D eigenvalue weighted by molar-refractivity contribution is 6.30. The van der Waals surface area contributed by atoms with E-state index in [0.717, 1.165) is 49.0 Å². The van der Waals surface area contributed by atoms with Crippen molar-refractivity contribution in [3.8, 4) is 17.3 Å². The Kier molecular flexibility index (Phi) is 5.64. The molecule has 1 heterocycles. The molecule has 0 saturated heterocycles. The number of ether oxygens (including phenoxy) is 1. The number of nitrogens with zero attached hydrogens (tertiary/aromatic N) is 3. The summed E-state index contributed by atoms with van der Waals surface area (Å²) < 4.78 is 21.7. The molecule has 3 aromatic rings. The molecular weight excluding hydrogens is 429 g/mol. The quantitative estimate of drug-likeness (QED) is 0.437. The molecule has 2 aromatic carbocycles. The largest absolute Gasteiger partial charge is 0.438 e. The van der Waals surface area contributed by atoms with Crippen LogP contribution in [0.1, 0.15) is 43.4 Å². The molecule has 0 spiro atoms. The van der Waals surface area contributed by atoms with Gasteiger partial charge < -0.3 is 9.64 Å². The van der Waals surface area contributed by atoms with Crippen LogP contribution in [0.25, 0.3) is 5.69 Å². The van der Waals surface area contributed by atoms with Crippen molar-refractivity contribution in [1.29, 1.82) is 0 Å². The highest BCUT2D eigenvalue weighted by Gasteiger charge is 2.39. The minimum atomic E-state index is -0.377. The minimum Gasteiger partial charge on any atom is -0.438 e. The molecule has 166 valence electrons. The number of rotatable bonds is 7. The van der Waals surface area contributed by atoms with Gasteiger partial charge in [-0.05, 0) is 69.0 Å². The molecule has 5 nitrogen and oxygen atoms in total. The van der Waals surface area contributed by atoms with E-state index in [1.807, 2.05) is 24.0 Å². The van der Waals surface area contributed by atoms with Gasteiger partial charge in [-0.25, -0.2) is 9.07 Å². The number of hydrogen-bond acceptors (Lipinski definition) is 3. The Morgan fingerprint density at radius 1 is 1.19 bits per heavy atom. The third kappa shape index (κ3) is 4.24. The van der Waals surface area contributed by atoms with Gasteiger partial charge in [0, 0.05) is 23.0 Å². The zero-order chi connectivity index (χ0) is 22.2. The average Bonchev–Trinajstić information content (AvgIpc) is 3.51. The zero-order valence-electron chi connectivity index (χ0n) is 17.9. The number of amides is 1. The molecule has 7 heteroatoms. The van der Waals surface area contributed by atoms with E-state index in [0.29, 0.717) is 23.2 Å². The lowest BCUT2D eigenvalue weighted by molar-refractivity contribution is -0.139. The van der Waals surface area contributed by atoms with Crippen molar-refractivity contribution in [3.63, 3.8) is 0 Å². The Morgan fingerprint density at radius 3 is 2.56 bits per heavy atom. The molecule has 0 bridgehead atoms. The van der Waals surface area contributed by atoms with Crippen LogP contribution < -0.4 is 4.74 Å². The van der Waals surface area contributed by atoms with E-state index in [9.17, 15) is 9.18 Å². The first-order valence-corrected chi connectivity index (χ1v) is 11.5. The second-order valence-corrected chi connectivity index (χ2v) is 9.08. The topological polar surface area (TPSA) is 47.4 Å². The van der Waals surface area contributed by atoms with Crippen LogP contribution in [0.15, 0.2) is 48.5 Å². The first-order chi connectivity index (χ1) is 15.5. The molecule has 1 amide bonds. The van der Waals surface area contributed by atoms with Crippen LogP contribution in [0.4, 0.5) is 4.39 Å². The third-order valence-electron chi connectivity index (χ3n) is 6.27. The summed E-state index contributed by atoms with van der Waals surface area (Å²) in [6.45, 7) is 2.35. The third-order valence-corrected chi connectivity index (χ3v) is 6.52. The van der Waals surface area contributed by atoms with Crippen molar-refractivity contribution in [2.75, 3.05) is 0 Å². The summed E-state index contributed by atoms with van der Waals surface area (Å²) in [5, 5.41) is 5.34. The lowest BCUT2D eigenvalue weighted by Crippen LogP contribution is -2.40. The lowest BCUT2D eigenvalue weighted by Gasteiger charge is -2.32. The fourth-order valence-electron chi connectivity index (χ4n) is 4.06. The Bertz CT molecular complexity index is 1140. The Balaban J connectivity index is 1.54. The first kappa shape index (κ1) is 21.0. The van der Waals surface area contributed by atoms with E-state index in [-0.39, 0.29) is 23.7 Å². The van der Waals surface area contributed by atoms with Crippen LogP contribution in [-0.2, 0) is 11.3 Å². The molecule has 0 N–H and O–H groups in total. The smallest absolute Gasteiger partial charge is 0.227 e. The van der Waals surface area contributed by atoms with E-state index in [4.69, 9.17) is 21.4 Å². The van der Waals surface area contributed by atoms with Gasteiger partial charge in [0.1, 0.15) is 11.6 Å². The zero-order valence-corrected chi connectivity index (χ0v) is 18.7. The van der Waals surface area contributed by atoms with Gasteiger partial charge in [-0.15, -0.1) is 0 Å². The lowest BCUT2D eigenvalue weighted by atomic mass is 9.84. The van der Waals surface area contributed by atoms with Crippen LogP contribution in [0.3, 0.4) is 0 Å². The maximum Gasteiger partial charge on any atom is 0.227 e. The summed E-state index contributed by atoms with van der Waals surface area (Å²) in [7, 11) is 0. The molecule has 5 rings (SSSR count). The SMILES string of the molecule is Cc1nn(-c2ccc(Cl)cc2)c(Oc2cccc(F)c2)c1CN(C(=O)C1CCC1)C1CC1. The second kappa shape index (κ2) is 8.58. The molecule has 0 radical (unpaired) electrons. The monoisotopic (exact) mass is 453 g/mol. The molecule has 2 aliphatic carbocycles. The molecule has 2 fully saturated rings. The summed E-state index contributed by atoms with van der Waals surface area (Å²) in [4.78, 5) is 15.1. The Labute approximate surface area is 191 Å². The predicted molar refractivity (Wildman–Crippen MR) is 121 cm³/mol. The van der Waals surface area contributed by atoms with Gasteiger partial charge in [-0.1, -0.05) is 24.1 Å². The van der Waals surface area contributed by atoms with E-state index in [1.165, 1.54) is 12.1 Å². The van der Waals surface area contributed by atoms with Crippen LogP contribution in [0.5, 0.6) is 11.6 Å². The fraction of sp³-hybridized carbons (Fsp3) is 0.360. The van der Waals surface area contributed by atoms with Gasteiger partial charge in [-0.2, -0.15) is 5.10 Å². The Morgan fingerprint density at radius 2 is 1.94 bits per heavy atom. The Hall–Kier alpha value is -2.86. The summed E-state index contributed by atoms with van der Waals surface area (Å²) in [5.74, 6) is 0.856. The summed E-state index contributed by atoms with van der Waals surface area (Å²) in [6.07, 6.45) is 5.12. The van der Waals surface area contributed by atoms with Gasteiger partial charge in [0.2, 0.25) is 11.8 Å². The average molecular weight is 454 g/mol. The standard InChI is InChI=1S/C25H25ClFN3O2/c1-16-23(15-29(20-12-13-20)24(31)17-4-2-5-17)25(32-22-7-3-6-19(27)14-22)30(28-16)21-10-8-18(26)9-11-21/h3,6-11,14,17,20H,2,4-5,12-13,15H2,1H3. The highest BCUT2D eigenvalue weighted by Crippen LogP contribution is 2.38. The number of benzene rings is 2. The first-order valence-electron chi connectivity index (χ1n) is 11.1. The number of aryl methyl sites for hydroxylation is 1. The number of hydrogen-bond donors (Lipinski definition) is 0. The highest BCUT2D eigenvalue weighted by atomic mass is 35.5. The number of halogens is 2. The van der Waals surface area contributed by atoms with Crippen molar-refractivity contribution in [3.05, 3.63) is 70.6 Å². The van der Waals surface area contributed by atoms with Crippen molar-refractivity contribution in [2.45, 2.75) is 51.6 Å². The molecule has 1 aromatic heterocycles. The van der Waals surface area contributed by atoms with Gasteiger partial charge in [0.05, 0.1) is 23.5 Å².